The molecule has 1 aromatic rings. The van der Waals surface area contributed by atoms with Gasteiger partial charge in [0.2, 0.25) is 0 Å². The predicted molar refractivity (Wildman–Crippen MR) is 70.1 cm³/mol. The summed E-state index contributed by atoms with van der Waals surface area (Å²) in [7, 11) is 0. The molecule has 0 fully saturated rings. The Labute approximate surface area is 107 Å². The third-order valence-electron chi connectivity index (χ3n) is 2.21. The van der Waals surface area contributed by atoms with Gasteiger partial charge in [-0.3, -0.25) is 0 Å². The molecular formula is C13H20N2O3. The normalized spacial score (nSPS) is 11.8. The Bertz CT molecular complexity index is 392. The van der Waals surface area contributed by atoms with Crippen LogP contribution < -0.4 is 10.5 Å². The summed E-state index contributed by atoms with van der Waals surface area (Å²) in [5.74, 6) is 1.13. The second-order valence-electron chi connectivity index (χ2n) is 4.30. The average Bonchev–Trinajstić information content (AvgIpc) is 2.37. The van der Waals surface area contributed by atoms with Crippen molar-refractivity contribution in [3.63, 3.8) is 0 Å². The molecule has 0 atom stereocenters. The fourth-order valence-corrected chi connectivity index (χ4v) is 1.39. The summed E-state index contributed by atoms with van der Waals surface area (Å²) in [5.41, 5.74) is 6.13. The van der Waals surface area contributed by atoms with Crippen molar-refractivity contribution in [2.45, 2.75) is 13.8 Å². The standard InChI is InChI=1S/C13H20N2O3/c1-10(2)9-17-7-8-18-12-6-4-3-5-11(12)13(14)15-16/h3-6,10,16H,7-9H2,1-2H3,(H2,14,15). The number of nitrogens with zero attached hydrogens (tertiary/aromatic N) is 1. The lowest BCUT2D eigenvalue weighted by molar-refractivity contribution is 0.0818. The molecule has 3 N–H and O–H groups in total. The quantitative estimate of drug-likeness (QED) is 0.255. The zero-order valence-corrected chi connectivity index (χ0v) is 10.8. The summed E-state index contributed by atoms with van der Waals surface area (Å²) in [6.45, 7) is 5.85. The summed E-state index contributed by atoms with van der Waals surface area (Å²) < 4.78 is 11.0. The number of nitrogens with two attached hydrogens (primary N) is 1. The Morgan fingerprint density at radius 3 is 2.72 bits per heavy atom. The highest BCUT2D eigenvalue weighted by Crippen LogP contribution is 2.17. The molecule has 18 heavy (non-hydrogen) atoms. The Morgan fingerprint density at radius 1 is 1.33 bits per heavy atom. The molecule has 100 valence electrons. The molecule has 0 aliphatic heterocycles. The summed E-state index contributed by atoms with van der Waals surface area (Å²) in [5, 5.41) is 11.6. The molecule has 0 saturated carbocycles. The predicted octanol–water partition coefficient (Wildman–Crippen LogP) is 1.83. The minimum Gasteiger partial charge on any atom is -0.490 e. The second-order valence-corrected chi connectivity index (χ2v) is 4.30. The lowest BCUT2D eigenvalue weighted by Crippen LogP contribution is -2.16. The van der Waals surface area contributed by atoms with Crippen LogP contribution in [-0.4, -0.2) is 30.9 Å². The van der Waals surface area contributed by atoms with Crippen LogP contribution >= 0.6 is 0 Å². The first-order chi connectivity index (χ1) is 8.65. The van der Waals surface area contributed by atoms with Crippen molar-refractivity contribution in [3.05, 3.63) is 29.8 Å². The van der Waals surface area contributed by atoms with Crippen molar-refractivity contribution >= 4 is 5.84 Å². The highest BCUT2D eigenvalue weighted by Gasteiger charge is 2.07. The van der Waals surface area contributed by atoms with E-state index in [1.807, 2.05) is 6.07 Å². The molecule has 1 aromatic carbocycles. The van der Waals surface area contributed by atoms with E-state index >= 15 is 0 Å². The van der Waals surface area contributed by atoms with Gasteiger partial charge >= 0.3 is 0 Å². The van der Waals surface area contributed by atoms with Crippen LogP contribution in [0.15, 0.2) is 29.4 Å². The van der Waals surface area contributed by atoms with E-state index in [-0.39, 0.29) is 5.84 Å². The molecule has 1 rings (SSSR count). The van der Waals surface area contributed by atoms with Crippen molar-refractivity contribution in [3.8, 4) is 5.75 Å². The van der Waals surface area contributed by atoms with Crippen LogP contribution in [0.2, 0.25) is 0 Å². The van der Waals surface area contributed by atoms with Gasteiger partial charge in [0.1, 0.15) is 12.4 Å². The van der Waals surface area contributed by atoms with E-state index in [2.05, 4.69) is 19.0 Å². The van der Waals surface area contributed by atoms with Crippen LogP contribution in [0.25, 0.3) is 0 Å². The first-order valence-electron chi connectivity index (χ1n) is 5.92. The zero-order chi connectivity index (χ0) is 13.4. The maximum Gasteiger partial charge on any atom is 0.173 e. The van der Waals surface area contributed by atoms with Crippen LogP contribution in [0.1, 0.15) is 19.4 Å². The smallest absolute Gasteiger partial charge is 0.173 e. The van der Waals surface area contributed by atoms with Gasteiger partial charge in [-0.25, -0.2) is 0 Å². The maximum absolute atomic E-state index is 8.67. The van der Waals surface area contributed by atoms with E-state index < -0.39 is 0 Å². The third-order valence-corrected chi connectivity index (χ3v) is 2.21. The molecule has 0 radical (unpaired) electrons. The number of benzene rings is 1. The lowest BCUT2D eigenvalue weighted by atomic mass is 10.2. The molecule has 0 amide bonds. The van der Waals surface area contributed by atoms with Crippen LogP contribution in [0.4, 0.5) is 0 Å². The van der Waals surface area contributed by atoms with Crippen LogP contribution in [0.3, 0.4) is 0 Å². The van der Waals surface area contributed by atoms with Gasteiger partial charge in [0.25, 0.3) is 0 Å². The molecule has 0 aliphatic carbocycles. The molecule has 0 bridgehead atoms. The molecule has 0 unspecified atom stereocenters. The summed E-state index contributed by atoms with van der Waals surface area (Å²) in [4.78, 5) is 0. The number of para-hydroxylation sites is 1. The molecule has 0 aromatic heterocycles. The van der Waals surface area contributed by atoms with E-state index in [1.165, 1.54) is 0 Å². The fraction of sp³-hybridized carbons (Fsp3) is 0.462. The van der Waals surface area contributed by atoms with E-state index in [0.717, 1.165) is 0 Å². The average molecular weight is 252 g/mol. The Balaban J connectivity index is 2.47. The van der Waals surface area contributed by atoms with Crippen LogP contribution in [-0.2, 0) is 4.74 Å². The van der Waals surface area contributed by atoms with Crippen molar-refractivity contribution in [2.75, 3.05) is 19.8 Å². The molecule has 0 aliphatic rings. The van der Waals surface area contributed by atoms with E-state index in [4.69, 9.17) is 20.4 Å². The molecule has 0 saturated heterocycles. The molecule has 0 heterocycles. The Hall–Kier alpha value is -1.75. The van der Waals surface area contributed by atoms with Crippen LogP contribution in [0.5, 0.6) is 5.75 Å². The van der Waals surface area contributed by atoms with Crippen LogP contribution in [0, 0.1) is 5.92 Å². The number of ether oxygens (including phenoxy) is 2. The van der Waals surface area contributed by atoms with Gasteiger partial charge in [-0.15, -0.1) is 0 Å². The van der Waals surface area contributed by atoms with Crippen molar-refractivity contribution < 1.29 is 14.7 Å². The third kappa shape index (κ3) is 4.63. The largest absolute Gasteiger partial charge is 0.490 e. The Kier molecular flexibility index (Phi) is 6.00. The summed E-state index contributed by atoms with van der Waals surface area (Å²) >= 11 is 0. The SMILES string of the molecule is CC(C)COCCOc1ccccc1/C(N)=N/O. The Morgan fingerprint density at radius 2 is 2.06 bits per heavy atom. The van der Waals surface area contributed by atoms with Crippen molar-refractivity contribution in [1.29, 1.82) is 0 Å². The molecule has 5 heteroatoms. The lowest BCUT2D eigenvalue weighted by Gasteiger charge is -2.11. The van der Waals surface area contributed by atoms with Crippen molar-refractivity contribution in [2.24, 2.45) is 16.8 Å². The molecular weight excluding hydrogens is 232 g/mol. The maximum atomic E-state index is 8.67. The van der Waals surface area contributed by atoms with Gasteiger partial charge in [0.05, 0.1) is 12.2 Å². The topological polar surface area (TPSA) is 77.1 Å². The fourth-order valence-electron chi connectivity index (χ4n) is 1.39. The molecule has 0 spiro atoms. The van der Waals surface area contributed by atoms with E-state index in [9.17, 15) is 0 Å². The summed E-state index contributed by atoms with van der Waals surface area (Å²) in [6, 6.07) is 7.14. The van der Waals surface area contributed by atoms with E-state index in [0.29, 0.717) is 37.1 Å². The number of oxime groups is 1. The van der Waals surface area contributed by atoms with E-state index in [1.54, 1.807) is 18.2 Å². The summed E-state index contributed by atoms with van der Waals surface area (Å²) in [6.07, 6.45) is 0. The number of hydrogen-bond acceptors (Lipinski definition) is 4. The van der Waals surface area contributed by atoms with Gasteiger partial charge < -0.3 is 20.4 Å². The van der Waals surface area contributed by atoms with Gasteiger partial charge in [-0.2, -0.15) is 0 Å². The number of amidine groups is 1. The van der Waals surface area contributed by atoms with Gasteiger partial charge in [0, 0.05) is 6.61 Å². The van der Waals surface area contributed by atoms with Gasteiger partial charge in [-0.05, 0) is 18.1 Å². The minimum atomic E-state index is 0.0358. The zero-order valence-electron chi connectivity index (χ0n) is 10.8. The number of hydrogen-bond donors (Lipinski definition) is 2. The first-order valence-corrected chi connectivity index (χ1v) is 5.92. The van der Waals surface area contributed by atoms with Crippen molar-refractivity contribution in [1.82, 2.24) is 0 Å². The van der Waals surface area contributed by atoms with Gasteiger partial charge in [0.15, 0.2) is 5.84 Å². The monoisotopic (exact) mass is 252 g/mol. The second kappa shape index (κ2) is 7.55. The first kappa shape index (κ1) is 14.3. The number of rotatable bonds is 7. The highest BCUT2D eigenvalue weighted by atomic mass is 16.5. The van der Waals surface area contributed by atoms with Gasteiger partial charge in [-0.1, -0.05) is 31.1 Å². The molecule has 5 nitrogen and oxygen atoms in total. The minimum absolute atomic E-state index is 0.0358. The highest BCUT2D eigenvalue weighted by molar-refractivity contribution is 5.99.